The summed E-state index contributed by atoms with van der Waals surface area (Å²) in [6.45, 7) is 7.69. The molecule has 28 heavy (non-hydrogen) atoms. The van der Waals surface area contributed by atoms with Gasteiger partial charge in [-0.3, -0.25) is 19.4 Å². The highest BCUT2D eigenvalue weighted by atomic mass is 19.1. The van der Waals surface area contributed by atoms with Crippen molar-refractivity contribution in [1.82, 2.24) is 15.1 Å². The van der Waals surface area contributed by atoms with Gasteiger partial charge in [0.05, 0.1) is 18.5 Å². The Balaban J connectivity index is 1.33. The van der Waals surface area contributed by atoms with Crippen LogP contribution in [0.3, 0.4) is 0 Å². The zero-order valence-corrected chi connectivity index (χ0v) is 15.4. The van der Waals surface area contributed by atoms with Crippen LogP contribution in [0.2, 0.25) is 0 Å². The Morgan fingerprint density at radius 2 is 2.18 bits per heavy atom. The molecule has 2 aromatic rings. The predicted molar refractivity (Wildman–Crippen MR) is 102 cm³/mol. The van der Waals surface area contributed by atoms with Crippen molar-refractivity contribution in [2.45, 2.75) is 31.5 Å². The van der Waals surface area contributed by atoms with Gasteiger partial charge in [0.25, 0.3) is 12.5 Å². The van der Waals surface area contributed by atoms with Crippen LogP contribution in [0.5, 0.6) is 0 Å². The van der Waals surface area contributed by atoms with Crippen molar-refractivity contribution in [2.75, 3.05) is 26.2 Å². The van der Waals surface area contributed by atoms with Gasteiger partial charge in [0.1, 0.15) is 17.7 Å². The smallest absolute Gasteiger partial charge is 0.349 e. The first-order valence-corrected chi connectivity index (χ1v) is 9.44. The van der Waals surface area contributed by atoms with Crippen LogP contribution in [0.4, 0.5) is 4.39 Å². The molecule has 8 heteroatoms. The number of halogens is 1. The average Bonchev–Trinajstić information content (AvgIpc) is 3.40. The first-order chi connectivity index (χ1) is 13.5. The Labute approximate surface area is 161 Å². The fourth-order valence-electron chi connectivity index (χ4n) is 4.01. The highest BCUT2D eigenvalue weighted by Gasteiger charge is 2.37. The van der Waals surface area contributed by atoms with Gasteiger partial charge in [-0.15, -0.1) is 0 Å². The van der Waals surface area contributed by atoms with E-state index in [9.17, 15) is 14.0 Å². The van der Waals surface area contributed by atoms with Crippen LogP contribution in [0, 0.1) is 12.4 Å². The van der Waals surface area contributed by atoms with E-state index in [-0.39, 0.29) is 24.0 Å². The normalized spacial score (nSPS) is 22.5. The van der Waals surface area contributed by atoms with E-state index in [1.165, 1.54) is 24.5 Å². The largest absolute Gasteiger partial charge is 0.463 e. The molecule has 1 aromatic heterocycles. The number of hydrogen-bond donors (Lipinski definition) is 1. The minimum absolute atomic E-state index is 0.0199. The second-order valence-electron chi connectivity index (χ2n) is 7.34. The molecular weight excluding hydrogens is 363 g/mol. The maximum absolute atomic E-state index is 13.3. The summed E-state index contributed by atoms with van der Waals surface area (Å²) >= 11 is 0. The fraction of sp³-hybridized carbons (Fsp3) is 0.450. The molecule has 0 spiro atoms. The van der Waals surface area contributed by atoms with Gasteiger partial charge in [0.15, 0.2) is 0 Å². The average molecular weight is 385 g/mol. The summed E-state index contributed by atoms with van der Waals surface area (Å²) < 4.78 is 18.6. The molecule has 2 fully saturated rings. The summed E-state index contributed by atoms with van der Waals surface area (Å²) in [5.41, 5.74) is 0.725. The fourth-order valence-corrected chi connectivity index (χ4v) is 4.01. The molecule has 0 bridgehead atoms. The number of fused-ring (bicyclic) bond motifs is 1. The number of rotatable bonds is 4. The molecule has 1 N–H and O–H groups in total. The molecule has 2 aliphatic rings. The van der Waals surface area contributed by atoms with Crippen molar-refractivity contribution in [3.05, 3.63) is 40.7 Å². The van der Waals surface area contributed by atoms with Crippen molar-refractivity contribution in [2.24, 2.45) is 0 Å². The van der Waals surface area contributed by atoms with E-state index >= 15 is 0 Å². The molecule has 2 saturated heterocycles. The Hall–Kier alpha value is -2.92. The number of carbonyl (C=O) groups excluding carboxylic acids is 2. The van der Waals surface area contributed by atoms with Gasteiger partial charge < -0.3 is 9.73 Å². The predicted octanol–water partition coefficient (Wildman–Crippen LogP) is 2.29. The van der Waals surface area contributed by atoms with Gasteiger partial charge >= 0.3 is 6.17 Å². The van der Waals surface area contributed by atoms with Crippen LogP contribution in [-0.4, -0.2) is 60.0 Å². The van der Waals surface area contributed by atoms with E-state index in [2.05, 4.69) is 10.2 Å². The molecule has 146 valence electrons. The minimum atomic E-state index is -0.410. The summed E-state index contributed by atoms with van der Waals surface area (Å²) in [5.74, 6) is -0.649. The third-order valence-electron chi connectivity index (χ3n) is 5.46. The van der Waals surface area contributed by atoms with Gasteiger partial charge in [0.2, 0.25) is 5.91 Å². The number of nitrogens with one attached hydrogen (secondary N) is 1. The molecule has 4 rings (SSSR count). The lowest BCUT2D eigenvalue weighted by Crippen LogP contribution is -2.42. The van der Waals surface area contributed by atoms with E-state index in [0.29, 0.717) is 36.2 Å². The Morgan fingerprint density at radius 1 is 1.32 bits per heavy atom. The first-order valence-electron chi connectivity index (χ1n) is 9.44. The van der Waals surface area contributed by atoms with Crippen molar-refractivity contribution < 1.29 is 18.4 Å². The van der Waals surface area contributed by atoms with E-state index in [1.807, 2.05) is 4.90 Å². The van der Waals surface area contributed by atoms with E-state index < -0.39 is 5.82 Å². The number of furan rings is 1. The third kappa shape index (κ3) is 3.58. The van der Waals surface area contributed by atoms with E-state index in [4.69, 9.17) is 11.0 Å². The number of carbonyl (C=O) groups is 2. The molecule has 3 heterocycles. The van der Waals surface area contributed by atoms with Crippen molar-refractivity contribution in [1.29, 1.82) is 0 Å². The number of hydrogen-bond acceptors (Lipinski definition) is 4. The van der Waals surface area contributed by atoms with E-state index in [1.54, 1.807) is 4.90 Å². The number of amides is 2. The third-order valence-corrected chi connectivity index (χ3v) is 5.46. The monoisotopic (exact) mass is 385 g/mol. The lowest BCUT2D eigenvalue weighted by Gasteiger charge is -2.20. The van der Waals surface area contributed by atoms with Crippen LogP contribution in [0.15, 0.2) is 28.9 Å². The molecule has 1 aromatic carbocycles. The molecule has 2 aliphatic heterocycles. The highest BCUT2D eigenvalue weighted by Crippen LogP contribution is 2.23. The van der Waals surface area contributed by atoms with Crippen LogP contribution in [0.25, 0.3) is 15.8 Å². The molecule has 0 radical (unpaired) electrons. The number of benzene rings is 1. The van der Waals surface area contributed by atoms with Crippen molar-refractivity contribution in [3.63, 3.8) is 0 Å². The zero-order valence-electron chi connectivity index (χ0n) is 15.4. The second kappa shape index (κ2) is 7.60. The standard InChI is InChI=1S/C20H21FN4O3/c1-22-18-3-2-7-25(18)19(26)11-24-8-6-14(10-24)23-20(27)16-12-28-17-9-13(21)4-5-15(16)17/h1,4-5,9,12,14,18H,2-3,6-8,10-11H2/p+1/t14-,18-/m0/s1. The molecule has 0 saturated carbocycles. The number of nitrogens with zero attached hydrogens (tertiary/aromatic N) is 3. The quantitative estimate of drug-likeness (QED) is 0.877. The summed E-state index contributed by atoms with van der Waals surface area (Å²) in [4.78, 5) is 32.6. The summed E-state index contributed by atoms with van der Waals surface area (Å²) in [7, 11) is 0. The Morgan fingerprint density at radius 3 is 3.00 bits per heavy atom. The molecule has 7 nitrogen and oxygen atoms in total. The van der Waals surface area contributed by atoms with Crippen molar-refractivity contribution in [3.8, 4) is 6.57 Å². The summed E-state index contributed by atoms with van der Waals surface area (Å²) in [5, 5.41) is 3.56. The SMILES string of the molecule is C#[N+][C@@H]1CCCN1C(=O)CN1CC[C@H](NC(=O)c2coc3cc(F)ccc23)C1. The van der Waals surface area contributed by atoms with E-state index in [0.717, 1.165) is 25.8 Å². The molecule has 0 unspecified atom stereocenters. The van der Waals surface area contributed by atoms with Crippen LogP contribution in [0.1, 0.15) is 29.6 Å². The molecular formula is C20H22FN4O3+. The van der Waals surface area contributed by atoms with Gasteiger partial charge in [-0.05, 0) is 25.0 Å². The lowest BCUT2D eigenvalue weighted by molar-refractivity contribution is -0.132. The first kappa shape index (κ1) is 18.4. The highest BCUT2D eigenvalue weighted by molar-refractivity contribution is 6.06. The topological polar surface area (TPSA) is 70.2 Å². The van der Waals surface area contributed by atoms with Crippen LogP contribution < -0.4 is 5.32 Å². The maximum atomic E-state index is 13.3. The summed E-state index contributed by atoms with van der Waals surface area (Å²) in [6.07, 6.45) is 3.61. The van der Waals surface area contributed by atoms with Crippen LogP contribution in [-0.2, 0) is 4.79 Å². The zero-order chi connectivity index (χ0) is 19.7. The Bertz CT molecular complexity index is 951. The second-order valence-corrected chi connectivity index (χ2v) is 7.34. The number of likely N-dealkylation sites (tertiary alicyclic amines) is 2. The summed E-state index contributed by atoms with van der Waals surface area (Å²) in [6, 6.07) is 4.04. The molecule has 2 atom stereocenters. The van der Waals surface area contributed by atoms with Gasteiger partial charge in [-0.25, -0.2) is 4.39 Å². The van der Waals surface area contributed by atoms with Gasteiger partial charge in [-0.1, -0.05) is 4.85 Å². The molecule has 2 amide bonds. The van der Waals surface area contributed by atoms with Crippen LogP contribution >= 0.6 is 0 Å². The van der Waals surface area contributed by atoms with Gasteiger partial charge in [0, 0.05) is 37.1 Å². The van der Waals surface area contributed by atoms with Crippen molar-refractivity contribution >= 4 is 22.8 Å². The maximum Gasteiger partial charge on any atom is 0.349 e. The molecule has 0 aliphatic carbocycles. The lowest BCUT2D eigenvalue weighted by atomic mass is 10.1. The van der Waals surface area contributed by atoms with Gasteiger partial charge in [-0.2, -0.15) is 0 Å². The minimum Gasteiger partial charge on any atom is -0.463 e. The Kier molecular flexibility index (Phi) is 5.01.